The van der Waals surface area contributed by atoms with Crippen molar-refractivity contribution < 1.29 is 15.0 Å². The molecule has 102 valence electrons. The van der Waals surface area contributed by atoms with E-state index in [1.807, 2.05) is 6.07 Å². The van der Waals surface area contributed by atoms with Crippen LogP contribution in [-0.2, 0) is 13.1 Å². The van der Waals surface area contributed by atoms with Gasteiger partial charge in [0.15, 0.2) is 0 Å². The smallest absolute Gasteiger partial charge is 0.335 e. The summed E-state index contributed by atoms with van der Waals surface area (Å²) >= 11 is 0. The predicted molar refractivity (Wildman–Crippen MR) is 70.9 cm³/mol. The number of hydrogen-bond acceptors (Lipinski definition) is 3. The molecule has 0 spiro atoms. The number of carbonyl (C=O) groups is 1. The first kappa shape index (κ1) is 12.6. The molecule has 19 heavy (non-hydrogen) atoms. The maximum atomic E-state index is 11.0. The molecule has 0 aromatic heterocycles. The molecule has 3 rings (SSSR count). The van der Waals surface area contributed by atoms with Crippen LogP contribution in [-0.4, -0.2) is 33.2 Å². The van der Waals surface area contributed by atoms with Crippen LogP contribution in [0.15, 0.2) is 18.2 Å². The molecule has 0 saturated heterocycles. The lowest BCUT2D eigenvalue weighted by atomic mass is 9.91. The monoisotopic (exact) mass is 261 g/mol. The summed E-state index contributed by atoms with van der Waals surface area (Å²) in [5, 5.41) is 19.1. The van der Waals surface area contributed by atoms with E-state index in [1.165, 1.54) is 12.0 Å². The molecule has 1 aromatic carbocycles. The number of carboxylic acid groups (broad SMARTS) is 1. The van der Waals surface area contributed by atoms with Gasteiger partial charge in [-0.1, -0.05) is 18.9 Å². The Balaban J connectivity index is 1.78. The second kappa shape index (κ2) is 4.94. The lowest BCUT2D eigenvalue weighted by Gasteiger charge is -2.34. The molecule has 1 aliphatic carbocycles. The van der Waals surface area contributed by atoms with Crippen LogP contribution in [0.4, 0.5) is 0 Å². The van der Waals surface area contributed by atoms with E-state index in [2.05, 4.69) is 4.90 Å². The molecule has 1 heterocycles. The van der Waals surface area contributed by atoms with Crippen molar-refractivity contribution >= 4 is 5.97 Å². The van der Waals surface area contributed by atoms with Crippen LogP contribution >= 0.6 is 0 Å². The maximum absolute atomic E-state index is 11.0. The number of aliphatic hydroxyl groups is 1. The van der Waals surface area contributed by atoms with Crippen LogP contribution in [0.5, 0.6) is 0 Å². The van der Waals surface area contributed by atoms with Crippen LogP contribution in [0.2, 0.25) is 0 Å². The van der Waals surface area contributed by atoms with Gasteiger partial charge in [0, 0.05) is 19.1 Å². The van der Waals surface area contributed by atoms with Crippen LogP contribution in [0.1, 0.15) is 47.2 Å². The molecule has 2 aliphatic rings. The zero-order valence-electron chi connectivity index (χ0n) is 10.9. The highest BCUT2D eigenvalue weighted by atomic mass is 16.4. The number of aromatic carboxylic acids is 1. The van der Waals surface area contributed by atoms with Gasteiger partial charge in [0.05, 0.1) is 11.7 Å². The molecule has 1 aromatic rings. The summed E-state index contributed by atoms with van der Waals surface area (Å²) in [6.45, 7) is 1.59. The fourth-order valence-corrected chi connectivity index (χ4v) is 3.31. The summed E-state index contributed by atoms with van der Waals surface area (Å²) in [5.41, 5.74) is 2.64. The fraction of sp³-hybridized carbons (Fsp3) is 0.533. The van der Waals surface area contributed by atoms with Crippen molar-refractivity contribution in [1.82, 2.24) is 4.90 Å². The van der Waals surface area contributed by atoms with Gasteiger partial charge in [-0.15, -0.1) is 0 Å². The number of aliphatic hydroxyl groups excluding tert-OH is 1. The van der Waals surface area contributed by atoms with E-state index in [4.69, 9.17) is 5.11 Å². The molecule has 1 saturated carbocycles. The van der Waals surface area contributed by atoms with Crippen molar-refractivity contribution in [3.63, 3.8) is 0 Å². The van der Waals surface area contributed by atoms with E-state index in [1.54, 1.807) is 12.1 Å². The Morgan fingerprint density at radius 2 is 1.89 bits per heavy atom. The molecule has 0 amide bonds. The minimum Gasteiger partial charge on any atom is -0.478 e. The summed E-state index contributed by atoms with van der Waals surface area (Å²) in [5.74, 6) is -0.876. The lowest BCUT2D eigenvalue weighted by molar-refractivity contribution is 0.0177. The Morgan fingerprint density at radius 1 is 1.16 bits per heavy atom. The van der Waals surface area contributed by atoms with E-state index in [0.29, 0.717) is 5.56 Å². The van der Waals surface area contributed by atoms with E-state index >= 15 is 0 Å². The second-order valence-corrected chi connectivity index (χ2v) is 5.61. The lowest BCUT2D eigenvalue weighted by Crippen LogP contribution is -2.42. The number of hydrogen-bond donors (Lipinski definition) is 2. The highest BCUT2D eigenvalue weighted by molar-refractivity contribution is 5.87. The Hall–Kier alpha value is -1.39. The van der Waals surface area contributed by atoms with Crippen molar-refractivity contribution in [1.29, 1.82) is 0 Å². The number of fused-ring (bicyclic) bond motifs is 1. The quantitative estimate of drug-likeness (QED) is 0.855. The van der Waals surface area contributed by atoms with Gasteiger partial charge in [-0.05, 0) is 36.1 Å². The van der Waals surface area contributed by atoms with Crippen molar-refractivity contribution in [2.75, 3.05) is 0 Å². The van der Waals surface area contributed by atoms with E-state index in [-0.39, 0.29) is 12.1 Å². The number of nitrogens with zero attached hydrogens (tertiary/aromatic N) is 1. The third-order valence-corrected chi connectivity index (χ3v) is 4.36. The van der Waals surface area contributed by atoms with Gasteiger partial charge in [-0.25, -0.2) is 4.79 Å². The second-order valence-electron chi connectivity index (χ2n) is 5.61. The third-order valence-electron chi connectivity index (χ3n) is 4.36. The van der Waals surface area contributed by atoms with Gasteiger partial charge in [0.25, 0.3) is 0 Å². The first-order valence-electron chi connectivity index (χ1n) is 6.92. The molecule has 2 N–H and O–H groups in total. The molecule has 4 nitrogen and oxygen atoms in total. The topological polar surface area (TPSA) is 60.8 Å². The van der Waals surface area contributed by atoms with Crippen LogP contribution in [0.3, 0.4) is 0 Å². The van der Waals surface area contributed by atoms with Crippen molar-refractivity contribution in [2.24, 2.45) is 0 Å². The Morgan fingerprint density at radius 3 is 2.63 bits per heavy atom. The number of carboxylic acids is 1. The molecule has 2 atom stereocenters. The molecule has 0 radical (unpaired) electrons. The molecule has 4 heteroatoms. The van der Waals surface area contributed by atoms with Gasteiger partial charge in [-0.3, -0.25) is 4.90 Å². The predicted octanol–water partition coefficient (Wildman–Crippen LogP) is 2.00. The summed E-state index contributed by atoms with van der Waals surface area (Å²) in [4.78, 5) is 13.3. The first-order valence-corrected chi connectivity index (χ1v) is 6.92. The number of benzene rings is 1. The van der Waals surface area contributed by atoms with Crippen molar-refractivity contribution in [3.8, 4) is 0 Å². The van der Waals surface area contributed by atoms with Crippen LogP contribution < -0.4 is 0 Å². The standard InChI is InChI=1S/C15H19NO3/c17-14-4-2-1-3-13(14)16-8-11-6-5-10(15(18)19)7-12(11)9-16/h5-7,13-14,17H,1-4,8-9H2,(H,18,19). The Labute approximate surface area is 112 Å². The van der Waals surface area contributed by atoms with Crippen LogP contribution in [0, 0.1) is 0 Å². The zero-order chi connectivity index (χ0) is 13.4. The Bertz CT molecular complexity index is 500. The minimum absolute atomic E-state index is 0.231. The molecule has 0 bridgehead atoms. The van der Waals surface area contributed by atoms with Crippen LogP contribution in [0.25, 0.3) is 0 Å². The maximum Gasteiger partial charge on any atom is 0.335 e. The van der Waals surface area contributed by atoms with E-state index in [0.717, 1.165) is 37.9 Å². The van der Waals surface area contributed by atoms with E-state index in [9.17, 15) is 9.90 Å². The van der Waals surface area contributed by atoms with Crippen molar-refractivity contribution in [3.05, 3.63) is 34.9 Å². The van der Waals surface area contributed by atoms with E-state index < -0.39 is 5.97 Å². The third kappa shape index (κ3) is 2.38. The molecular weight excluding hydrogens is 242 g/mol. The largest absolute Gasteiger partial charge is 0.478 e. The average Bonchev–Trinajstić information content (AvgIpc) is 2.81. The summed E-state index contributed by atoms with van der Waals surface area (Å²) in [6.07, 6.45) is 3.98. The normalized spacial score (nSPS) is 27.2. The average molecular weight is 261 g/mol. The summed E-state index contributed by atoms with van der Waals surface area (Å²) in [6, 6.07) is 5.58. The van der Waals surface area contributed by atoms with Gasteiger partial charge >= 0.3 is 5.97 Å². The molecule has 1 aliphatic heterocycles. The van der Waals surface area contributed by atoms with Crippen molar-refractivity contribution in [2.45, 2.75) is 50.9 Å². The Kier molecular flexibility index (Phi) is 3.29. The van der Waals surface area contributed by atoms with Gasteiger partial charge in [0.2, 0.25) is 0 Å². The fourth-order valence-electron chi connectivity index (χ4n) is 3.31. The SMILES string of the molecule is O=C(O)c1ccc2c(c1)CN(C1CCCCC1O)C2. The molecular formula is C15H19NO3. The zero-order valence-corrected chi connectivity index (χ0v) is 10.9. The molecule has 1 fully saturated rings. The highest BCUT2D eigenvalue weighted by Gasteiger charge is 2.32. The minimum atomic E-state index is -0.876. The number of rotatable bonds is 2. The summed E-state index contributed by atoms with van der Waals surface area (Å²) < 4.78 is 0. The molecule has 2 unspecified atom stereocenters. The first-order chi connectivity index (χ1) is 9.15. The van der Waals surface area contributed by atoms with Gasteiger partial charge in [0.1, 0.15) is 0 Å². The summed E-state index contributed by atoms with van der Waals surface area (Å²) in [7, 11) is 0. The highest BCUT2D eigenvalue weighted by Crippen LogP contribution is 2.31. The van der Waals surface area contributed by atoms with Gasteiger partial charge in [-0.2, -0.15) is 0 Å². The van der Waals surface area contributed by atoms with Gasteiger partial charge < -0.3 is 10.2 Å².